The van der Waals surface area contributed by atoms with E-state index in [2.05, 4.69) is 4.74 Å². The maximum Gasteiger partial charge on any atom is 0.319 e. The van der Waals surface area contributed by atoms with Crippen LogP contribution in [0.3, 0.4) is 0 Å². The Morgan fingerprint density at radius 2 is 1.82 bits per heavy atom. The minimum Gasteiger partial charge on any atom is -0.468 e. The van der Waals surface area contributed by atoms with Gasteiger partial charge in [-0.3, -0.25) is 14.5 Å². The fourth-order valence-electron chi connectivity index (χ4n) is 2.54. The van der Waals surface area contributed by atoms with Crippen LogP contribution in [0, 0.1) is 0 Å². The Morgan fingerprint density at radius 1 is 1.18 bits per heavy atom. The molecule has 2 rings (SSSR count). The zero-order valence-corrected chi connectivity index (χ0v) is 12.9. The summed E-state index contributed by atoms with van der Waals surface area (Å²) in [5, 5.41) is 0. The number of methoxy groups -OCH3 is 1. The van der Waals surface area contributed by atoms with Crippen molar-refractivity contribution in [2.75, 3.05) is 39.8 Å². The molecule has 2 N–H and O–H groups in total. The van der Waals surface area contributed by atoms with Crippen LogP contribution in [0.4, 0.5) is 0 Å². The Bertz CT molecular complexity index is 499. The molecule has 1 aromatic rings. The van der Waals surface area contributed by atoms with Crippen molar-refractivity contribution in [3.63, 3.8) is 0 Å². The van der Waals surface area contributed by atoms with E-state index in [-0.39, 0.29) is 24.5 Å². The zero-order valence-electron chi connectivity index (χ0n) is 12.9. The highest BCUT2D eigenvalue weighted by atomic mass is 16.5. The molecule has 0 aromatic heterocycles. The zero-order chi connectivity index (χ0) is 15.9. The summed E-state index contributed by atoms with van der Waals surface area (Å²) in [5.74, 6) is -0.181. The van der Waals surface area contributed by atoms with Gasteiger partial charge in [0, 0.05) is 38.6 Å². The van der Waals surface area contributed by atoms with Gasteiger partial charge in [0.1, 0.15) is 0 Å². The molecule has 1 heterocycles. The first-order chi connectivity index (χ1) is 10.6. The first kappa shape index (κ1) is 16.5. The number of ether oxygens (including phenoxy) is 1. The molecular weight excluding hydrogens is 282 g/mol. The molecule has 120 valence electrons. The number of carbonyl (C=O) groups excluding carboxylic acids is 2. The van der Waals surface area contributed by atoms with Crippen LogP contribution in [0.15, 0.2) is 30.3 Å². The predicted molar refractivity (Wildman–Crippen MR) is 83.0 cm³/mol. The molecule has 1 atom stereocenters. The van der Waals surface area contributed by atoms with E-state index in [9.17, 15) is 9.59 Å². The van der Waals surface area contributed by atoms with Crippen molar-refractivity contribution in [1.29, 1.82) is 0 Å². The van der Waals surface area contributed by atoms with Crippen LogP contribution in [0.25, 0.3) is 0 Å². The van der Waals surface area contributed by atoms with Gasteiger partial charge in [-0.25, -0.2) is 0 Å². The summed E-state index contributed by atoms with van der Waals surface area (Å²) in [6, 6.07) is 9.37. The second kappa shape index (κ2) is 7.91. The molecule has 0 spiro atoms. The highest BCUT2D eigenvalue weighted by molar-refractivity contribution is 5.77. The molecule has 1 amide bonds. The Hall–Kier alpha value is -1.92. The summed E-state index contributed by atoms with van der Waals surface area (Å²) in [6.45, 7) is 2.89. The summed E-state index contributed by atoms with van der Waals surface area (Å²) in [5.41, 5.74) is 7.07. The van der Waals surface area contributed by atoms with Crippen LogP contribution in [0.5, 0.6) is 0 Å². The first-order valence-corrected chi connectivity index (χ1v) is 7.47. The van der Waals surface area contributed by atoms with E-state index in [0.29, 0.717) is 32.6 Å². The fourth-order valence-corrected chi connectivity index (χ4v) is 2.54. The summed E-state index contributed by atoms with van der Waals surface area (Å²) in [4.78, 5) is 27.3. The molecule has 0 aliphatic carbocycles. The lowest BCUT2D eigenvalue weighted by Gasteiger charge is -2.34. The number of rotatable bonds is 5. The van der Waals surface area contributed by atoms with Crippen molar-refractivity contribution in [2.45, 2.75) is 12.5 Å². The third kappa shape index (κ3) is 4.54. The molecule has 0 saturated carbocycles. The normalized spacial score (nSPS) is 17.1. The highest BCUT2D eigenvalue weighted by Crippen LogP contribution is 2.15. The average molecular weight is 305 g/mol. The Kier molecular flexibility index (Phi) is 5.91. The molecule has 0 bridgehead atoms. The van der Waals surface area contributed by atoms with Crippen LogP contribution in [-0.2, 0) is 14.3 Å². The third-order valence-electron chi connectivity index (χ3n) is 3.93. The van der Waals surface area contributed by atoms with Gasteiger partial charge in [0.05, 0.1) is 13.7 Å². The molecule has 0 radical (unpaired) electrons. The number of hydrogen-bond donors (Lipinski definition) is 1. The second-order valence-corrected chi connectivity index (χ2v) is 5.45. The third-order valence-corrected chi connectivity index (χ3v) is 3.93. The van der Waals surface area contributed by atoms with Crippen LogP contribution in [0.2, 0.25) is 0 Å². The minimum absolute atomic E-state index is 0.0640. The van der Waals surface area contributed by atoms with Crippen LogP contribution >= 0.6 is 0 Å². The van der Waals surface area contributed by atoms with Crippen LogP contribution < -0.4 is 5.73 Å². The van der Waals surface area contributed by atoms with E-state index >= 15 is 0 Å². The highest BCUT2D eigenvalue weighted by Gasteiger charge is 2.24. The van der Waals surface area contributed by atoms with E-state index in [1.165, 1.54) is 7.11 Å². The van der Waals surface area contributed by atoms with Gasteiger partial charge in [0.25, 0.3) is 0 Å². The molecule has 1 aliphatic rings. The first-order valence-electron chi connectivity index (χ1n) is 7.47. The standard InChI is InChI=1S/C16H23N3O3/c1-22-16(21)12-18-7-9-19(10-8-18)15(20)11-14(17)13-5-3-2-4-6-13/h2-6,14H,7-12,17H2,1H3. The number of piperazine rings is 1. The molecule has 1 unspecified atom stereocenters. The number of hydrogen-bond acceptors (Lipinski definition) is 5. The van der Waals surface area contributed by atoms with Crippen molar-refractivity contribution < 1.29 is 14.3 Å². The second-order valence-electron chi connectivity index (χ2n) is 5.45. The van der Waals surface area contributed by atoms with Gasteiger partial charge in [0.2, 0.25) is 5.91 Å². The van der Waals surface area contributed by atoms with Gasteiger partial charge in [-0.1, -0.05) is 30.3 Å². The SMILES string of the molecule is COC(=O)CN1CCN(C(=O)CC(N)c2ccccc2)CC1. The number of benzene rings is 1. The molecule has 1 saturated heterocycles. The molecule has 6 heteroatoms. The molecule has 1 fully saturated rings. The number of esters is 1. The van der Waals surface area contributed by atoms with Gasteiger partial charge in [-0.05, 0) is 5.56 Å². The molecular formula is C16H23N3O3. The minimum atomic E-state index is -0.276. The molecule has 22 heavy (non-hydrogen) atoms. The fraction of sp³-hybridized carbons (Fsp3) is 0.500. The van der Waals surface area contributed by atoms with Gasteiger partial charge >= 0.3 is 5.97 Å². The van der Waals surface area contributed by atoms with Crippen molar-refractivity contribution in [2.24, 2.45) is 5.73 Å². The summed E-state index contributed by atoms with van der Waals surface area (Å²) < 4.78 is 4.65. The van der Waals surface area contributed by atoms with Crippen molar-refractivity contribution in [3.8, 4) is 0 Å². The molecule has 1 aromatic carbocycles. The van der Waals surface area contributed by atoms with Gasteiger partial charge in [-0.15, -0.1) is 0 Å². The lowest BCUT2D eigenvalue weighted by Crippen LogP contribution is -2.50. The number of carbonyl (C=O) groups is 2. The van der Waals surface area contributed by atoms with Crippen LogP contribution in [-0.4, -0.2) is 61.5 Å². The smallest absolute Gasteiger partial charge is 0.319 e. The van der Waals surface area contributed by atoms with Crippen molar-refractivity contribution >= 4 is 11.9 Å². The molecule has 1 aliphatic heterocycles. The van der Waals surface area contributed by atoms with E-state index in [0.717, 1.165) is 5.56 Å². The maximum absolute atomic E-state index is 12.3. The van der Waals surface area contributed by atoms with Gasteiger partial charge in [-0.2, -0.15) is 0 Å². The van der Waals surface area contributed by atoms with Crippen LogP contribution in [0.1, 0.15) is 18.0 Å². The number of amides is 1. The lowest BCUT2D eigenvalue weighted by molar-refractivity contribution is -0.142. The van der Waals surface area contributed by atoms with E-state index < -0.39 is 0 Å². The summed E-state index contributed by atoms with van der Waals surface area (Å²) in [6.07, 6.45) is 0.307. The Balaban J connectivity index is 1.79. The lowest BCUT2D eigenvalue weighted by atomic mass is 10.0. The maximum atomic E-state index is 12.3. The topological polar surface area (TPSA) is 75.9 Å². The summed E-state index contributed by atoms with van der Waals surface area (Å²) >= 11 is 0. The molecule has 6 nitrogen and oxygen atoms in total. The van der Waals surface area contributed by atoms with Gasteiger partial charge < -0.3 is 15.4 Å². The van der Waals surface area contributed by atoms with Crippen molar-refractivity contribution in [1.82, 2.24) is 9.80 Å². The number of nitrogens with zero attached hydrogens (tertiary/aromatic N) is 2. The van der Waals surface area contributed by atoms with E-state index in [1.807, 2.05) is 40.1 Å². The Labute approximate surface area is 130 Å². The monoisotopic (exact) mass is 305 g/mol. The van der Waals surface area contributed by atoms with E-state index in [1.54, 1.807) is 0 Å². The van der Waals surface area contributed by atoms with E-state index in [4.69, 9.17) is 5.73 Å². The average Bonchev–Trinajstić information content (AvgIpc) is 2.56. The Morgan fingerprint density at radius 3 is 2.41 bits per heavy atom. The number of nitrogens with two attached hydrogens (primary N) is 1. The van der Waals surface area contributed by atoms with Gasteiger partial charge in [0.15, 0.2) is 0 Å². The largest absolute Gasteiger partial charge is 0.468 e. The summed E-state index contributed by atoms with van der Waals surface area (Å²) in [7, 11) is 1.38. The van der Waals surface area contributed by atoms with Crippen molar-refractivity contribution in [3.05, 3.63) is 35.9 Å². The predicted octanol–water partition coefficient (Wildman–Crippen LogP) is 0.394. The quantitative estimate of drug-likeness (QED) is 0.797.